The van der Waals surface area contributed by atoms with Crippen LogP contribution in [-0.4, -0.2) is 33.3 Å². The van der Waals surface area contributed by atoms with Crippen molar-refractivity contribution in [3.8, 4) is 0 Å². The van der Waals surface area contributed by atoms with Crippen molar-refractivity contribution in [3.05, 3.63) is 47.0 Å². The van der Waals surface area contributed by atoms with Gasteiger partial charge in [-0.1, -0.05) is 49.6 Å². The Bertz CT molecular complexity index is 757. The number of nitrogens with zero attached hydrogens (tertiary/aromatic N) is 4. The fourth-order valence-electron chi connectivity index (χ4n) is 3.51. The molecule has 154 valence electrons. The lowest BCUT2D eigenvalue weighted by Gasteiger charge is -2.22. The standard InChI is InChI=1S/C20H29ClN6.HI/c1-3-19-26-23-14-27(19)13-12-22-20(25-16-8-4-5-9-16)24-15(2)17-10-6-7-11-18(17)21;/h6-7,10-11,14-16H,3-5,8-9,12-13H2,1-2H3,(H2,22,24,25);1H. The first-order valence-corrected chi connectivity index (χ1v) is 10.2. The molecule has 1 unspecified atom stereocenters. The average molecular weight is 517 g/mol. The van der Waals surface area contributed by atoms with Gasteiger partial charge in [-0.2, -0.15) is 0 Å². The SMILES string of the molecule is CCc1nncn1CCN=C(NC1CCCC1)NC(C)c1ccccc1Cl.I. The van der Waals surface area contributed by atoms with Crippen molar-refractivity contribution in [2.45, 2.75) is 64.6 Å². The lowest BCUT2D eigenvalue weighted by molar-refractivity contribution is 0.589. The van der Waals surface area contributed by atoms with Crippen LogP contribution in [0.2, 0.25) is 5.02 Å². The van der Waals surface area contributed by atoms with E-state index in [1.165, 1.54) is 25.7 Å². The summed E-state index contributed by atoms with van der Waals surface area (Å²) in [6.07, 6.45) is 7.62. The number of aromatic nitrogens is 3. The lowest BCUT2D eigenvalue weighted by Crippen LogP contribution is -2.43. The summed E-state index contributed by atoms with van der Waals surface area (Å²) in [6.45, 7) is 5.64. The summed E-state index contributed by atoms with van der Waals surface area (Å²) in [4.78, 5) is 4.81. The van der Waals surface area contributed by atoms with Crippen LogP contribution in [-0.2, 0) is 13.0 Å². The summed E-state index contributed by atoms with van der Waals surface area (Å²) in [5.41, 5.74) is 1.08. The Balaban J connectivity index is 0.00000280. The van der Waals surface area contributed by atoms with Gasteiger partial charge in [0, 0.05) is 24.0 Å². The minimum atomic E-state index is 0. The summed E-state index contributed by atoms with van der Waals surface area (Å²) in [5.74, 6) is 1.84. The third kappa shape index (κ3) is 6.34. The van der Waals surface area contributed by atoms with E-state index in [4.69, 9.17) is 16.6 Å². The van der Waals surface area contributed by atoms with Gasteiger partial charge in [0.25, 0.3) is 0 Å². The second kappa shape index (κ2) is 11.6. The van der Waals surface area contributed by atoms with Crippen molar-refractivity contribution in [1.29, 1.82) is 0 Å². The first-order chi connectivity index (χ1) is 13.2. The van der Waals surface area contributed by atoms with Crippen LogP contribution in [0.25, 0.3) is 0 Å². The molecule has 1 aliphatic carbocycles. The molecule has 0 aliphatic heterocycles. The summed E-state index contributed by atoms with van der Waals surface area (Å²) in [5, 5.41) is 16.0. The number of rotatable bonds is 7. The molecule has 2 aromatic rings. The molecule has 0 bridgehead atoms. The maximum Gasteiger partial charge on any atom is 0.192 e. The lowest BCUT2D eigenvalue weighted by atomic mass is 10.1. The molecule has 6 nitrogen and oxygen atoms in total. The molecule has 28 heavy (non-hydrogen) atoms. The van der Waals surface area contributed by atoms with E-state index in [0.29, 0.717) is 12.6 Å². The minimum Gasteiger partial charge on any atom is -0.354 e. The van der Waals surface area contributed by atoms with Gasteiger partial charge in [0.1, 0.15) is 12.2 Å². The highest BCUT2D eigenvalue weighted by Gasteiger charge is 2.18. The number of halogens is 2. The van der Waals surface area contributed by atoms with Crippen molar-refractivity contribution in [2.75, 3.05) is 6.54 Å². The van der Waals surface area contributed by atoms with E-state index in [9.17, 15) is 0 Å². The molecule has 0 spiro atoms. The maximum atomic E-state index is 6.36. The Morgan fingerprint density at radius 2 is 2.07 bits per heavy atom. The molecule has 2 N–H and O–H groups in total. The van der Waals surface area contributed by atoms with Crippen molar-refractivity contribution < 1.29 is 0 Å². The van der Waals surface area contributed by atoms with Gasteiger partial charge >= 0.3 is 0 Å². The zero-order valence-corrected chi connectivity index (χ0v) is 19.7. The largest absolute Gasteiger partial charge is 0.354 e. The predicted molar refractivity (Wildman–Crippen MR) is 126 cm³/mol. The van der Waals surface area contributed by atoms with E-state index in [1.807, 2.05) is 18.2 Å². The molecule has 0 saturated heterocycles. The fraction of sp³-hybridized carbons (Fsp3) is 0.550. The van der Waals surface area contributed by atoms with Crippen molar-refractivity contribution in [1.82, 2.24) is 25.4 Å². The van der Waals surface area contributed by atoms with Crippen LogP contribution in [0.5, 0.6) is 0 Å². The Hall–Kier alpha value is -1.35. The molecule has 0 radical (unpaired) electrons. The number of guanidine groups is 1. The van der Waals surface area contributed by atoms with Crippen molar-refractivity contribution in [2.24, 2.45) is 4.99 Å². The monoisotopic (exact) mass is 516 g/mol. The third-order valence-corrected chi connectivity index (χ3v) is 5.39. The van der Waals surface area contributed by atoms with Crippen LogP contribution in [0.15, 0.2) is 35.6 Å². The van der Waals surface area contributed by atoms with Gasteiger partial charge in [-0.05, 0) is 31.4 Å². The molecular weight excluding hydrogens is 487 g/mol. The van der Waals surface area contributed by atoms with E-state index in [1.54, 1.807) is 6.33 Å². The van der Waals surface area contributed by atoms with Gasteiger partial charge in [0.2, 0.25) is 0 Å². The zero-order valence-electron chi connectivity index (χ0n) is 16.6. The molecule has 1 aromatic heterocycles. The number of hydrogen-bond donors (Lipinski definition) is 2. The number of aryl methyl sites for hydroxylation is 1. The highest BCUT2D eigenvalue weighted by Crippen LogP contribution is 2.22. The molecule has 0 amide bonds. The van der Waals surface area contributed by atoms with Crippen LogP contribution in [0.1, 0.15) is 57.0 Å². The van der Waals surface area contributed by atoms with Crippen molar-refractivity contribution in [3.63, 3.8) is 0 Å². The average Bonchev–Trinajstić information content (AvgIpc) is 3.33. The van der Waals surface area contributed by atoms with Crippen molar-refractivity contribution >= 4 is 41.5 Å². The van der Waals surface area contributed by atoms with Gasteiger partial charge in [0.15, 0.2) is 5.96 Å². The van der Waals surface area contributed by atoms with Gasteiger partial charge in [-0.3, -0.25) is 4.99 Å². The Labute approximate surface area is 189 Å². The topological polar surface area (TPSA) is 67.1 Å². The Morgan fingerprint density at radius 1 is 1.32 bits per heavy atom. The Morgan fingerprint density at radius 3 is 2.79 bits per heavy atom. The second-order valence-corrected chi connectivity index (χ2v) is 7.44. The normalized spacial score (nSPS) is 15.9. The van der Waals surface area contributed by atoms with Crippen LogP contribution in [0.3, 0.4) is 0 Å². The molecule has 1 atom stereocenters. The molecule has 3 rings (SSSR count). The van der Waals surface area contributed by atoms with Crippen LogP contribution >= 0.6 is 35.6 Å². The first-order valence-electron chi connectivity index (χ1n) is 9.86. The van der Waals surface area contributed by atoms with Crippen LogP contribution in [0.4, 0.5) is 0 Å². The predicted octanol–water partition coefficient (Wildman–Crippen LogP) is 4.35. The van der Waals surface area contributed by atoms with E-state index in [0.717, 1.165) is 35.3 Å². The van der Waals surface area contributed by atoms with E-state index < -0.39 is 0 Å². The molecule has 8 heteroatoms. The fourth-order valence-corrected chi connectivity index (χ4v) is 3.81. The Kier molecular flexibility index (Phi) is 9.50. The molecule has 1 fully saturated rings. The van der Waals surface area contributed by atoms with E-state index >= 15 is 0 Å². The minimum absolute atomic E-state index is 0. The molecule has 1 aliphatic rings. The van der Waals surface area contributed by atoms with Gasteiger partial charge in [0.05, 0.1) is 12.6 Å². The smallest absolute Gasteiger partial charge is 0.192 e. The highest BCUT2D eigenvalue weighted by molar-refractivity contribution is 14.0. The summed E-state index contributed by atoms with van der Waals surface area (Å²) in [6, 6.07) is 8.52. The number of aliphatic imine (C=N–C) groups is 1. The molecular formula is C20H30ClIN6. The second-order valence-electron chi connectivity index (χ2n) is 7.04. The van der Waals surface area contributed by atoms with Gasteiger partial charge in [-0.15, -0.1) is 34.2 Å². The van der Waals surface area contributed by atoms with Crippen LogP contribution < -0.4 is 10.6 Å². The summed E-state index contributed by atoms with van der Waals surface area (Å²) >= 11 is 6.36. The number of benzene rings is 1. The summed E-state index contributed by atoms with van der Waals surface area (Å²) < 4.78 is 2.06. The van der Waals surface area contributed by atoms with Gasteiger partial charge < -0.3 is 15.2 Å². The molecule has 1 aromatic carbocycles. The van der Waals surface area contributed by atoms with Gasteiger partial charge in [-0.25, -0.2) is 0 Å². The first kappa shape index (κ1) is 22.9. The highest BCUT2D eigenvalue weighted by atomic mass is 127. The quantitative estimate of drug-likeness (QED) is 0.326. The van der Waals surface area contributed by atoms with E-state index in [2.05, 4.69) is 45.3 Å². The van der Waals surface area contributed by atoms with Crippen LogP contribution in [0, 0.1) is 0 Å². The van der Waals surface area contributed by atoms with E-state index in [-0.39, 0.29) is 30.0 Å². The number of nitrogens with one attached hydrogen (secondary N) is 2. The zero-order chi connectivity index (χ0) is 19.1. The summed E-state index contributed by atoms with van der Waals surface area (Å²) in [7, 11) is 0. The maximum absolute atomic E-state index is 6.36. The molecule has 1 saturated carbocycles. The number of hydrogen-bond acceptors (Lipinski definition) is 3. The third-order valence-electron chi connectivity index (χ3n) is 5.04. The molecule has 1 heterocycles.